The zero-order valence-corrected chi connectivity index (χ0v) is 11.7. The molecule has 0 aliphatic carbocycles. The molecular formula is C17H14F2O3. The Bertz CT molecular complexity index is 682. The molecule has 2 aromatic rings. The standard InChI is InChI=1S/C17H14F2O3/c18-13-6-7-14(15(19)10-13)17(11-22-17)8-9-21-16(20)12-4-2-1-3-5-12/h1-7,10H,8-9,11H2. The van der Waals surface area contributed by atoms with Gasteiger partial charge in [0.25, 0.3) is 0 Å². The lowest BCUT2D eigenvalue weighted by molar-refractivity contribution is 0.0470. The molecule has 0 bridgehead atoms. The Labute approximate surface area is 126 Å². The van der Waals surface area contributed by atoms with E-state index in [0.29, 0.717) is 24.2 Å². The molecule has 1 atom stereocenters. The fraction of sp³-hybridized carbons (Fsp3) is 0.235. The third-order valence-corrected chi connectivity index (χ3v) is 3.66. The third kappa shape index (κ3) is 2.99. The topological polar surface area (TPSA) is 38.8 Å². The summed E-state index contributed by atoms with van der Waals surface area (Å²) >= 11 is 0. The molecule has 3 nitrogen and oxygen atoms in total. The van der Waals surface area contributed by atoms with Crippen molar-refractivity contribution in [2.75, 3.05) is 13.2 Å². The molecule has 5 heteroatoms. The van der Waals surface area contributed by atoms with Crippen LogP contribution in [0.2, 0.25) is 0 Å². The lowest BCUT2D eigenvalue weighted by Crippen LogP contribution is -2.16. The van der Waals surface area contributed by atoms with Crippen molar-refractivity contribution in [3.63, 3.8) is 0 Å². The highest BCUT2D eigenvalue weighted by molar-refractivity contribution is 5.89. The van der Waals surface area contributed by atoms with E-state index in [4.69, 9.17) is 9.47 Å². The van der Waals surface area contributed by atoms with Crippen LogP contribution in [0.5, 0.6) is 0 Å². The number of hydrogen-bond acceptors (Lipinski definition) is 3. The average molecular weight is 304 g/mol. The molecule has 0 N–H and O–H groups in total. The number of ether oxygens (including phenoxy) is 2. The van der Waals surface area contributed by atoms with Crippen molar-refractivity contribution in [2.24, 2.45) is 0 Å². The molecular weight excluding hydrogens is 290 g/mol. The van der Waals surface area contributed by atoms with E-state index >= 15 is 0 Å². The number of esters is 1. The first-order valence-corrected chi connectivity index (χ1v) is 6.92. The maximum atomic E-state index is 13.8. The molecule has 1 aliphatic rings. The molecule has 114 valence electrons. The average Bonchev–Trinajstić information content (AvgIpc) is 3.28. The minimum absolute atomic E-state index is 0.102. The maximum Gasteiger partial charge on any atom is 0.338 e. The first-order valence-electron chi connectivity index (χ1n) is 6.92. The Balaban J connectivity index is 1.61. The predicted molar refractivity (Wildman–Crippen MR) is 75.3 cm³/mol. The Morgan fingerprint density at radius 3 is 2.55 bits per heavy atom. The Morgan fingerprint density at radius 2 is 1.91 bits per heavy atom. The van der Waals surface area contributed by atoms with Gasteiger partial charge in [0, 0.05) is 18.1 Å². The molecule has 22 heavy (non-hydrogen) atoms. The van der Waals surface area contributed by atoms with Gasteiger partial charge in [0.15, 0.2) is 0 Å². The minimum atomic E-state index is -0.811. The first-order chi connectivity index (χ1) is 10.6. The van der Waals surface area contributed by atoms with E-state index in [1.807, 2.05) is 0 Å². The molecule has 1 heterocycles. The number of benzene rings is 2. The third-order valence-electron chi connectivity index (χ3n) is 3.66. The van der Waals surface area contributed by atoms with Gasteiger partial charge in [0.05, 0.1) is 18.8 Å². The Hall–Kier alpha value is -2.27. The van der Waals surface area contributed by atoms with Crippen molar-refractivity contribution >= 4 is 5.97 Å². The van der Waals surface area contributed by atoms with E-state index < -0.39 is 23.2 Å². The highest BCUT2D eigenvalue weighted by Crippen LogP contribution is 2.43. The molecule has 1 aliphatic heterocycles. The fourth-order valence-corrected chi connectivity index (χ4v) is 2.35. The van der Waals surface area contributed by atoms with Crippen molar-refractivity contribution in [1.82, 2.24) is 0 Å². The van der Waals surface area contributed by atoms with E-state index in [1.54, 1.807) is 30.3 Å². The van der Waals surface area contributed by atoms with Gasteiger partial charge >= 0.3 is 5.97 Å². The van der Waals surface area contributed by atoms with E-state index in [0.717, 1.165) is 6.07 Å². The summed E-state index contributed by atoms with van der Waals surface area (Å²) in [5.41, 5.74) is -0.0553. The van der Waals surface area contributed by atoms with Gasteiger partial charge in [-0.2, -0.15) is 0 Å². The van der Waals surface area contributed by atoms with Crippen LogP contribution in [0.1, 0.15) is 22.3 Å². The SMILES string of the molecule is O=C(OCCC1(c2ccc(F)cc2F)CO1)c1ccccc1. The number of epoxide rings is 1. The molecule has 1 saturated heterocycles. The Kier molecular flexibility index (Phi) is 3.90. The fourth-order valence-electron chi connectivity index (χ4n) is 2.35. The zero-order chi connectivity index (χ0) is 15.6. The lowest BCUT2D eigenvalue weighted by atomic mass is 9.96. The lowest BCUT2D eigenvalue weighted by Gasteiger charge is -2.13. The van der Waals surface area contributed by atoms with Crippen molar-refractivity contribution in [2.45, 2.75) is 12.0 Å². The highest BCUT2D eigenvalue weighted by Gasteiger charge is 2.48. The molecule has 1 unspecified atom stereocenters. The Morgan fingerprint density at radius 1 is 1.18 bits per heavy atom. The van der Waals surface area contributed by atoms with Crippen LogP contribution in [0.4, 0.5) is 8.78 Å². The van der Waals surface area contributed by atoms with Crippen molar-refractivity contribution in [1.29, 1.82) is 0 Å². The van der Waals surface area contributed by atoms with Crippen LogP contribution >= 0.6 is 0 Å². The van der Waals surface area contributed by atoms with Crippen LogP contribution in [-0.4, -0.2) is 19.2 Å². The second-order valence-electron chi connectivity index (χ2n) is 5.16. The van der Waals surface area contributed by atoms with E-state index in [2.05, 4.69) is 0 Å². The van der Waals surface area contributed by atoms with Crippen LogP contribution in [0, 0.1) is 11.6 Å². The van der Waals surface area contributed by atoms with Crippen molar-refractivity contribution in [3.8, 4) is 0 Å². The molecule has 3 rings (SSSR count). The number of carbonyl (C=O) groups excluding carboxylic acids is 1. The van der Waals surface area contributed by atoms with Crippen molar-refractivity contribution in [3.05, 3.63) is 71.3 Å². The zero-order valence-electron chi connectivity index (χ0n) is 11.7. The van der Waals surface area contributed by atoms with Gasteiger partial charge in [-0.05, 0) is 18.2 Å². The summed E-state index contributed by atoms with van der Waals surface area (Å²) in [5, 5.41) is 0. The molecule has 0 aromatic heterocycles. The van der Waals surface area contributed by atoms with Crippen LogP contribution < -0.4 is 0 Å². The molecule has 0 saturated carbocycles. The summed E-state index contributed by atoms with van der Waals surface area (Å²) < 4.78 is 37.3. The second kappa shape index (κ2) is 5.85. The quantitative estimate of drug-likeness (QED) is 0.627. The monoisotopic (exact) mass is 304 g/mol. The first kappa shape index (κ1) is 14.7. The largest absolute Gasteiger partial charge is 0.462 e. The van der Waals surface area contributed by atoms with Gasteiger partial charge < -0.3 is 9.47 Å². The van der Waals surface area contributed by atoms with Crippen LogP contribution in [0.3, 0.4) is 0 Å². The van der Waals surface area contributed by atoms with Gasteiger partial charge in [-0.25, -0.2) is 13.6 Å². The van der Waals surface area contributed by atoms with Gasteiger partial charge in [0.2, 0.25) is 0 Å². The number of halogens is 2. The van der Waals surface area contributed by atoms with Crippen molar-refractivity contribution < 1.29 is 23.0 Å². The number of rotatable bonds is 5. The van der Waals surface area contributed by atoms with E-state index in [-0.39, 0.29) is 6.61 Å². The molecule has 0 amide bonds. The van der Waals surface area contributed by atoms with Crippen LogP contribution in [0.15, 0.2) is 48.5 Å². The van der Waals surface area contributed by atoms with Gasteiger partial charge in [-0.3, -0.25) is 0 Å². The van der Waals surface area contributed by atoms with Gasteiger partial charge in [0.1, 0.15) is 17.2 Å². The van der Waals surface area contributed by atoms with Gasteiger partial charge in [-0.15, -0.1) is 0 Å². The maximum absolute atomic E-state index is 13.8. The highest BCUT2D eigenvalue weighted by atomic mass is 19.1. The number of hydrogen-bond donors (Lipinski definition) is 0. The summed E-state index contributed by atoms with van der Waals surface area (Å²) in [4.78, 5) is 11.8. The predicted octanol–water partition coefficient (Wildman–Crippen LogP) is 3.44. The van der Waals surface area contributed by atoms with Crippen LogP contribution in [-0.2, 0) is 15.1 Å². The molecule has 0 spiro atoms. The van der Waals surface area contributed by atoms with E-state index in [9.17, 15) is 13.6 Å². The summed E-state index contributed by atoms with van der Waals surface area (Å²) in [5.74, 6) is -1.71. The number of carbonyl (C=O) groups is 1. The van der Waals surface area contributed by atoms with E-state index in [1.165, 1.54) is 12.1 Å². The van der Waals surface area contributed by atoms with Crippen LogP contribution in [0.25, 0.3) is 0 Å². The summed E-state index contributed by atoms with van der Waals surface area (Å²) in [6, 6.07) is 12.0. The molecule has 1 fully saturated rings. The smallest absolute Gasteiger partial charge is 0.338 e. The van der Waals surface area contributed by atoms with Gasteiger partial charge in [-0.1, -0.05) is 24.3 Å². The summed E-state index contributed by atoms with van der Waals surface area (Å²) in [6.45, 7) is 0.434. The molecule has 2 aromatic carbocycles. The molecule has 0 radical (unpaired) electrons. The normalized spacial score (nSPS) is 19.7. The summed E-state index contributed by atoms with van der Waals surface area (Å²) in [6.07, 6.45) is 0.328. The minimum Gasteiger partial charge on any atom is -0.462 e. The second-order valence-corrected chi connectivity index (χ2v) is 5.16. The summed E-state index contributed by atoms with van der Waals surface area (Å²) in [7, 11) is 0.